The van der Waals surface area contributed by atoms with Crippen molar-refractivity contribution in [2.24, 2.45) is 11.8 Å². The van der Waals surface area contributed by atoms with E-state index in [0.29, 0.717) is 18.3 Å². The molecule has 0 rings (SSSR count). The van der Waals surface area contributed by atoms with Crippen molar-refractivity contribution in [2.75, 3.05) is 0 Å². The van der Waals surface area contributed by atoms with Crippen LogP contribution in [0.15, 0.2) is 12.7 Å². The van der Waals surface area contributed by atoms with Crippen LogP contribution in [0.3, 0.4) is 0 Å². The van der Waals surface area contributed by atoms with Crippen LogP contribution in [0.1, 0.15) is 27.2 Å². The predicted molar refractivity (Wildman–Crippen MR) is 44.8 cm³/mol. The number of hydrogen-bond acceptors (Lipinski definition) is 1. The zero-order valence-electron chi connectivity index (χ0n) is 7.17. The summed E-state index contributed by atoms with van der Waals surface area (Å²) >= 11 is 0. The quantitative estimate of drug-likeness (QED) is 0.597. The highest BCUT2D eigenvalue weighted by Crippen LogP contribution is 2.16. The van der Waals surface area contributed by atoms with Crippen LogP contribution in [-0.2, 0) is 0 Å². The van der Waals surface area contributed by atoms with Gasteiger partial charge in [0.15, 0.2) is 0 Å². The summed E-state index contributed by atoms with van der Waals surface area (Å²) in [5.41, 5.74) is 0. The van der Waals surface area contributed by atoms with Crippen LogP contribution < -0.4 is 0 Å². The lowest BCUT2D eigenvalue weighted by Crippen LogP contribution is -2.21. The molecule has 0 aromatic rings. The fraction of sp³-hybridized carbons (Fsp3) is 0.778. The number of aliphatic hydroxyl groups excluding tert-OH is 1. The van der Waals surface area contributed by atoms with Crippen molar-refractivity contribution in [3.05, 3.63) is 12.7 Å². The Labute approximate surface area is 63.8 Å². The molecule has 10 heavy (non-hydrogen) atoms. The van der Waals surface area contributed by atoms with Crippen LogP contribution in [0, 0.1) is 11.8 Å². The summed E-state index contributed by atoms with van der Waals surface area (Å²) in [4.78, 5) is 0. The van der Waals surface area contributed by atoms with Gasteiger partial charge in [-0.05, 0) is 18.3 Å². The molecule has 1 N–H and O–H groups in total. The van der Waals surface area contributed by atoms with Crippen molar-refractivity contribution in [3.8, 4) is 0 Å². The second kappa shape index (κ2) is 4.51. The van der Waals surface area contributed by atoms with Gasteiger partial charge in [-0.3, -0.25) is 0 Å². The Morgan fingerprint density at radius 1 is 1.40 bits per heavy atom. The molecule has 60 valence electrons. The van der Waals surface area contributed by atoms with Gasteiger partial charge in [-0.25, -0.2) is 0 Å². The third kappa shape index (κ3) is 3.02. The molecule has 0 aromatic heterocycles. The summed E-state index contributed by atoms with van der Waals surface area (Å²) in [7, 11) is 0. The molecule has 0 fully saturated rings. The minimum absolute atomic E-state index is 0.211. The minimum Gasteiger partial charge on any atom is -0.393 e. The van der Waals surface area contributed by atoms with Crippen LogP contribution in [0.25, 0.3) is 0 Å². The SMILES string of the molecule is C=CCC(O)[C@H](C)C(C)C. The molecule has 1 nitrogen and oxygen atoms in total. The Morgan fingerprint density at radius 2 is 1.90 bits per heavy atom. The highest BCUT2D eigenvalue weighted by Gasteiger charge is 2.15. The van der Waals surface area contributed by atoms with E-state index in [1.54, 1.807) is 6.08 Å². The van der Waals surface area contributed by atoms with Gasteiger partial charge in [-0.2, -0.15) is 0 Å². The topological polar surface area (TPSA) is 20.2 Å². The van der Waals surface area contributed by atoms with Crippen molar-refractivity contribution in [2.45, 2.75) is 33.3 Å². The maximum atomic E-state index is 9.42. The minimum atomic E-state index is -0.211. The van der Waals surface area contributed by atoms with Gasteiger partial charge in [0.25, 0.3) is 0 Å². The lowest BCUT2D eigenvalue weighted by molar-refractivity contribution is 0.0946. The van der Waals surface area contributed by atoms with Gasteiger partial charge in [0.1, 0.15) is 0 Å². The fourth-order valence-corrected chi connectivity index (χ4v) is 0.830. The first kappa shape index (κ1) is 9.70. The molecule has 0 radical (unpaired) electrons. The van der Waals surface area contributed by atoms with Gasteiger partial charge >= 0.3 is 0 Å². The van der Waals surface area contributed by atoms with E-state index in [1.807, 2.05) is 0 Å². The van der Waals surface area contributed by atoms with Crippen molar-refractivity contribution >= 4 is 0 Å². The highest BCUT2D eigenvalue weighted by atomic mass is 16.3. The molecular formula is C9H18O. The summed E-state index contributed by atoms with van der Waals surface area (Å²) in [5.74, 6) is 0.924. The number of hydrogen-bond donors (Lipinski definition) is 1. The maximum absolute atomic E-state index is 9.42. The van der Waals surface area contributed by atoms with Crippen molar-refractivity contribution in [1.82, 2.24) is 0 Å². The summed E-state index contributed by atoms with van der Waals surface area (Å²) in [5, 5.41) is 9.42. The number of rotatable bonds is 4. The summed E-state index contributed by atoms with van der Waals surface area (Å²) in [6.07, 6.45) is 2.26. The molecule has 0 aromatic carbocycles. The molecule has 0 saturated heterocycles. The zero-order chi connectivity index (χ0) is 8.15. The zero-order valence-corrected chi connectivity index (χ0v) is 7.17. The van der Waals surface area contributed by atoms with Crippen LogP contribution in [0.2, 0.25) is 0 Å². The van der Waals surface area contributed by atoms with E-state index in [1.165, 1.54) is 0 Å². The molecular weight excluding hydrogens is 124 g/mol. The third-order valence-electron chi connectivity index (χ3n) is 2.07. The second-order valence-electron chi connectivity index (χ2n) is 3.19. The Morgan fingerprint density at radius 3 is 2.20 bits per heavy atom. The second-order valence-corrected chi connectivity index (χ2v) is 3.19. The van der Waals surface area contributed by atoms with Gasteiger partial charge in [-0.1, -0.05) is 26.8 Å². The fourth-order valence-electron chi connectivity index (χ4n) is 0.830. The third-order valence-corrected chi connectivity index (χ3v) is 2.07. The van der Waals surface area contributed by atoms with Crippen molar-refractivity contribution < 1.29 is 5.11 Å². The molecule has 0 spiro atoms. The molecule has 0 heterocycles. The highest BCUT2D eigenvalue weighted by molar-refractivity contribution is 4.76. The van der Waals surface area contributed by atoms with Crippen LogP contribution in [-0.4, -0.2) is 11.2 Å². The van der Waals surface area contributed by atoms with Crippen molar-refractivity contribution in [3.63, 3.8) is 0 Å². The Balaban J connectivity index is 3.68. The standard InChI is InChI=1S/C9H18O/c1-5-6-9(10)8(4)7(2)3/h5,7-10H,1,6H2,2-4H3/t8-,9?/m1/s1. The van der Waals surface area contributed by atoms with E-state index in [2.05, 4.69) is 27.4 Å². The smallest absolute Gasteiger partial charge is 0.0602 e. The van der Waals surface area contributed by atoms with E-state index in [0.717, 1.165) is 0 Å². The lowest BCUT2D eigenvalue weighted by atomic mass is 9.91. The molecule has 0 saturated carbocycles. The van der Waals surface area contributed by atoms with E-state index in [-0.39, 0.29) is 6.10 Å². The summed E-state index contributed by atoms with van der Waals surface area (Å²) in [6.45, 7) is 9.89. The molecule has 0 aliphatic heterocycles. The first-order chi connectivity index (χ1) is 4.59. The van der Waals surface area contributed by atoms with E-state index >= 15 is 0 Å². The molecule has 0 amide bonds. The van der Waals surface area contributed by atoms with Gasteiger partial charge in [0.05, 0.1) is 6.10 Å². The average molecular weight is 142 g/mol. The maximum Gasteiger partial charge on any atom is 0.0602 e. The summed E-state index contributed by atoms with van der Waals surface area (Å²) < 4.78 is 0. The van der Waals surface area contributed by atoms with E-state index in [9.17, 15) is 5.11 Å². The Hall–Kier alpha value is -0.300. The van der Waals surface area contributed by atoms with Gasteiger partial charge in [-0.15, -0.1) is 6.58 Å². The van der Waals surface area contributed by atoms with Crippen molar-refractivity contribution in [1.29, 1.82) is 0 Å². The van der Waals surface area contributed by atoms with E-state index in [4.69, 9.17) is 0 Å². The van der Waals surface area contributed by atoms with Gasteiger partial charge in [0, 0.05) is 0 Å². The van der Waals surface area contributed by atoms with Crippen LogP contribution in [0.4, 0.5) is 0 Å². The largest absolute Gasteiger partial charge is 0.393 e. The number of aliphatic hydroxyl groups is 1. The first-order valence-electron chi connectivity index (χ1n) is 3.88. The van der Waals surface area contributed by atoms with Crippen LogP contribution >= 0.6 is 0 Å². The summed E-state index contributed by atoms with van der Waals surface area (Å²) in [6, 6.07) is 0. The van der Waals surface area contributed by atoms with Gasteiger partial charge in [0.2, 0.25) is 0 Å². The average Bonchev–Trinajstić information content (AvgIpc) is 1.87. The lowest BCUT2D eigenvalue weighted by Gasteiger charge is -2.20. The Kier molecular flexibility index (Phi) is 4.37. The molecule has 0 bridgehead atoms. The van der Waals surface area contributed by atoms with Gasteiger partial charge < -0.3 is 5.11 Å². The first-order valence-corrected chi connectivity index (χ1v) is 3.88. The predicted octanol–water partition coefficient (Wildman–Crippen LogP) is 2.22. The molecule has 1 unspecified atom stereocenters. The normalized spacial score (nSPS) is 16.9. The molecule has 0 aliphatic rings. The van der Waals surface area contributed by atoms with E-state index < -0.39 is 0 Å². The monoisotopic (exact) mass is 142 g/mol. The molecule has 0 aliphatic carbocycles. The molecule has 1 heteroatoms. The van der Waals surface area contributed by atoms with Crippen LogP contribution in [0.5, 0.6) is 0 Å². The molecule has 2 atom stereocenters. The Bertz CT molecular complexity index is 96.9.